The average Bonchev–Trinajstić information content (AvgIpc) is 3.67. The smallest absolute Gasteiger partial charge is 0.303 e. The number of carboxylic acids is 1. The van der Waals surface area contributed by atoms with Gasteiger partial charge in [-0.1, -0.05) is 0 Å². The number of aromatic nitrogens is 2. The van der Waals surface area contributed by atoms with Gasteiger partial charge in [-0.05, 0) is 67.9 Å². The van der Waals surface area contributed by atoms with Crippen LogP contribution < -0.4 is 9.47 Å². The zero-order chi connectivity index (χ0) is 23.4. The fourth-order valence-corrected chi connectivity index (χ4v) is 4.96. The quantitative estimate of drug-likeness (QED) is 0.509. The lowest BCUT2D eigenvalue weighted by molar-refractivity contribution is -0.137. The maximum atomic E-state index is 14.6. The fourth-order valence-electron chi connectivity index (χ4n) is 4.96. The SMILES string of the molecule is COc1cc(C2(OC)CCC(COc3cc([C@@H](CC(=O)O)C4CC4)ccn3)CC2)c(F)cn1.S. The Morgan fingerprint density at radius 2 is 1.91 bits per heavy atom. The summed E-state index contributed by atoms with van der Waals surface area (Å²) in [7, 11) is 3.13. The standard InChI is InChI=1S/C25H31FN2O5.H2S/c1-31-22-13-20(21(26)14-28-22)25(32-2)8-5-16(6-9-25)15-33-23-11-18(7-10-27-23)19(12-24(29)30)17-3-4-17;/h7,10-11,13-14,16-17,19H,3-6,8-9,12,15H2,1-2H3,(H,29,30);1H2/t16?,19-,25?;/m0./s1. The van der Waals surface area contributed by atoms with Crippen molar-refractivity contribution in [3.8, 4) is 11.8 Å². The van der Waals surface area contributed by atoms with Crippen LogP contribution in [0.5, 0.6) is 11.8 Å². The molecular formula is C25H33FN2O5S. The predicted octanol–water partition coefficient (Wildman–Crippen LogP) is 4.82. The first-order valence-electron chi connectivity index (χ1n) is 11.5. The lowest BCUT2D eigenvalue weighted by Gasteiger charge is -2.39. The number of hydrogen-bond acceptors (Lipinski definition) is 6. The van der Waals surface area contributed by atoms with Crippen LogP contribution in [0.25, 0.3) is 0 Å². The van der Waals surface area contributed by atoms with Crippen LogP contribution in [0.15, 0.2) is 30.6 Å². The second kappa shape index (κ2) is 11.4. The van der Waals surface area contributed by atoms with Gasteiger partial charge in [0.25, 0.3) is 0 Å². The maximum Gasteiger partial charge on any atom is 0.303 e. The van der Waals surface area contributed by atoms with Crippen LogP contribution in [-0.4, -0.2) is 41.9 Å². The van der Waals surface area contributed by atoms with Crippen molar-refractivity contribution < 1.29 is 28.5 Å². The van der Waals surface area contributed by atoms with Crippen LogP contribution in [0.3, 0.4) is 0 Å². The van der Waals surface area contributed by atoms with E-state index in [4.69, 9.17) is 14.2 Å². The van der Waals surface area contributed by atoms with E-state index in [2.05, 4.69) is 9.97 Å². The van der Waals surface area contributed by atoms with Gasteiger partial charge in [-0.15, -0.1) is 0 Å². The summed E-state index contributed by atoms with van der Waals surface area (Å²) >= 11 is 0. The van der Waals surface area contributed by atoms with Crippen molar-refractivity contribution in [3.63, 3.8) is 0 Å². The van der Waals surface area contributed by atoms with E-state index in [1.54, 1.807) is 19.4 Å². The monoisotopic (exact) mass is 492 g/mol. The highest BCUT2D eigenvalue weighted by Crippen LogP contribution is 2.45. The minimum absolute atomic E-state index is 0. The summed E-state index contributed by atoms with van der Waals surface area (Å²) in [6.45, 7) is 0.505. The van der Waals surface area contributed by atoms with Gasteiger partial charge in [0.15, 0.2) is 0 Å². The Morgan fingerprint density at radius 1 is 1.18 bits per heavy atom. The molecule has 0 bridgehead atoms. The molecule has 0 aliphatic heterocycles. The van der Waals surface area contributed by atoms with Gasteiger partial charge >= 0.3 is 5.97 Å². The maximum absolute atomic E-state index is 14.6. The van der Waals surface area contributed by atoms with Gasteiger partial charge in [-0.25, -0.2) is 14.4 Å². The highest BCUT2D eigenvalue weighted by atomic mass is 32.1. The Labute approximate surface area is 206 Å². The zero-order valence-corrected chi connectivity index (χ0v) is 20.6. The predicted molar refractivity (Wildman–Crippen MR) is 129 cm³/mol. The molecule has 2 aliphatic rings. The number of carboxylic acid groups (broad SMARTS) is 1. The lowest BCUT2D eigenvalue weighted by Crippen LogP contribution is -2.36. The summed E-state index contributed by atoms with van der Waals surface area (Å²) in [6, 6.07) is 5.40. The van der Waals surface area contributed by atoms with E-state index in [1.807, 2.05) is 12.1 Å². The molecule has 0 amide bonds. The van der Waals surface area contributed by atoms with Crippen LogP contribution >= 0.6 is 13.5 Å². The number of rotatable bonds is 10. The lowest BCUT2D eigenvalue weighted by atomic mass is 9.75. The third kappa shape index (κ3) is 5.99. The summed E-state index contributed by atoms with van der Waals surface area (Å²) in [5.74, 6) is 0.465. The van der Waals surface area contributed by atoms with Crippen LogP contribution in [0.4, 0.5) is 4.39 Å². The van der Waals surface area contributed by atoms with E-state index in [-0.39, 0.29) is 31.7 Å². The topological polar surface area (TPSA) is 90.8 Å². The van der Waals surface area contributed by atoms with Crippen molar-refractivity contribution in [2.24, 2.45) is 11.8 Å². The molecule has 2 aliphatic carbocycles. The fraction of sp³-hybridized carbons (Fsp3) is 0.560. The molecule has 0 aromatic carbocycles. The first-order valence-corrected chi connectivity index (χ1v) is 11.5. The molecule has 0 radical (unpaired) electrons. The number of hydrogen-bond donors (Lipinski definition) is 1. The molecule has 1 atom stereocenters. The van der Waals surface area contributed by atoms with Crippen molar-refractivity contribution in [2.75, 3.05) is 20.8 Å². The molecule has 34 heavy (non-hydrogen) atoms. The van der Waals surface area contributed by atoms with E-state index < -0.39 is 11.6 Å². The van der Waals surface area contributed by atoms with Gasteiger partial charge in [-0.3, -0.25) is 4.79 Å². The highest BCUT2D eigenvalue weighted by molar-refractivity contribution is 7.59. The molecule has 9 heteroatoms. The Balaban J connectivity index is 0.00000324. The van der Waals surface area contributed by atoms with Gasteiger partial charge in [0.05, 0.1) is 31.9 Å². The Hall–Kier alpha value is -2.39. The third-order valence-electron chi connectivity index (χ3n) is 7.07. The molecule has 2 heterocycles. The summed E-state index contributed by atoms with van der Waals surface area (Å²) in [6.07, 6.45) is 8.12. The molecule has 186 valence electrons. The molecule has 7 nitrogen and oxygen atoms in total. The molecule has 2 saturated carbocycles. The van der Waals surface area contributed by atoms with Gasteiger partial charge in [0.2, 0.25) is 11.8 Å². The number of nitrogens with zero attached hydrogens (tertiary/aromatic N) is 2. The third-order valence-corrected chi connectivity index (χ3v) is 7.07. The Kier molecular flexibility index (Phi) is 8.76. The zero-order valence-electron chi connectivity index (χ0n) is 19.6. The van der Waals surface area contributed by atoms with Gasteiger partial charge in [0.1, 0.15) is 5.82 Å². The molecule has 0 spiro atoms. The number of ether oxygens (including phenoxy) is 3. The number of carbonyl (C=O) groups is 1. The van der Waals surface area contributed by atoms with Crippen molar-refractivity contribution in [2.45, 2.75) is 56.5 Å². The van der Waals surface area contributed by atoms with Crippen LogP contribution in [0.2, 0.25) is 0 Å². The first-order chi connectivity index (χ1) is 15.9. The summed E-state index contributed by atoms with van der Waals surface area (Å²) in [5.41, 5.74) is 0.757. The number of pyridine rings is 2. The van der Waals surface area contributed by atoms with Crippen molar-refractivity contribution >= 4 is 19.5 Å². The van der Waals surface area contributed by atoms with E-state index in [9.17, 15) is 14.3 Å². The number of methoxy groups -OCH3 is 2. The highest BCUT2D eigenvalue weighted by Gasteiger charge is 2.40. The summed E-state index contributed by atoms with van der Waals surface area (Å²) < 4.78 is 31.6. The minimum atomic E-state index is -0.779. The molecule has 4 rings (SSSR count). The molecular weight excluding hydrogens is 459 g/mol. The molecule has 1 N–H and O–H groups in total. The van der Waals surface area contributed by atoms with Crippen molar-refractivity contribution in [3.05, 3.63) is 47.5 Å². The number of aliphatic carboxylic acids is 1. The molecule has 2 aromatic heterocycles. The van der Waals surface area contributed by atoms with Gasteiger partial charge < -0.3 is 19.3 Å². The first kappa shape index (κ1) is 26.2. The van der Waals surface area contributed by atoms with Crippen molar-refractivity contribution in [1.29, 1.82) is 0 Å². The molecule has 0 saturated heterocycles. The van der Waals surface area contributed by atoms with Gasteiger partial charge in [0, 0.05) is 31.0 Å². The van der Waals surface area contributed by atoms with E-state index in [0.29, 0.717) is 48.6 Å². The van der Waals surface area contributed by atoms with E-state index in [1.165, 1.54) is 13.3 Å². The minimum Gasteiger partial charge on any atom is -0.481 e. The van der Waals surface area contributed by atoms with Crippen LogP contribution in [0.1, 0.15) is 62.0 Å². The largest absolute Gasteiger partial charge is 0.481 e. The normalized spacial score (nSPS) is 23.0. The average molecular weight is 493 g/mol. The van der Waals surface area contributed by atoms with Gasteiger partial charge in [-0.2, -0.15) is 13.5 Å². The number of halogens is 1. The Morgan fingerprint density at radius 3 is 2.53 bits per heavy atom. The summed E-state index contributed by atoms with van der Waals surface area (Å²) in [4.78, 5) is 19.5. The van der Waals surface area contributed by atoms with Crippen LogP contribution in [0, 0.1) is 17.7 Å². The molecule has 2 fully saturated rings. The summed E-state index contributed by atoms with van der Waals surface area (Å²) in [5, 5.41) is 9.27. The molecule has 0 unspecified atom stereocenters. The van der Waals surface area contributed by atoms with E-state index in [0.717, 1.165) is 31.2 Å². The van der Waals surface area contributed by atoms with Crippen molar-refractivity contribution in [1.82, 2.24) is 9.97 Å². The second-order valence-corrected chi connectivity index (χ2v) is 9.13. The van der Waals surface area contributed by atoms with E-state index >= 15 is 0 Å². The molecule has 2 aromatic rings. The van der Waals surface area contributed by atoms with Crippen LogP contribution in [-0.2, 0) is 15.1 Å². The Bertz CT molecular complexity index is 980. The second-order valence-electron chi connectivity index (χ2n) is 9.13.